The summed E-state index contributed by atoms with van der Waals surface area (Å²) in [5, 5.41) is 11.3. The van der Waals surface area contributed by atoms with E-state index in [-0.39, 0.29) is 5.91 Å². The molecule has 2 aromatic rings. The van der Waals surface area contributed by atoms with Gasteiger partial charge in [0.05, 0.1) is 6.10 Å². The van der Waals surface area contributed by atoms with Crippen LogP contribution in [0.25, 0.3) is 0 Å². The second-order valence-electron chi connectivity index (χ2n) is 5.26. The number of hydrogen-bond donors (Lipinski definition) is 1. The molecule has 0 aliphatic rings. The predicted molar refractivity (Wildman–Crippen MR) is 88.4 cm³/mol. The zero-order valence-corrected chi connectivity index (χ0v) is 13.7. The largest absolute Gasteiger partial charge is 0.488 e. The van der Waals surface area contributed by atoms with Crippen LogP contribution in [0.1, 0.15) is 28.6 Å². The number of hydrogen-bond acceptors (Lipinski definition) is 4. The summed E-state index contributed by atoms with van der Waals surface area (Å²) in [7, 11) is 1.74. The molecule has 0 aliphatic heterocycles. The van der Waals surface area contributed by atoms with Gasteiger partial charge in [0.2, 0.25) is 0 Å². The SMILES string of the molecule is CC(O)CCN(C)C(=O)c1cccc(OCc2cccs2)c1. The quantitative estimate of drug-likeness (QED) is 0.853. The summed E-state index contributed by atoms with van der Waals surface area (Å²) in [6.45, 7) is 2.75. The van der Waals surface area contributed by atoms with Crippen LogP contribution in [-0.2, 0) is 6.61 Å². The van der Waals surface area contributed by atoms with Crippen molar-refractivity contribution in [1.29, 1.82) is 0 Å². The first-order valence-electron chi connectivity index (χ1n) is 7.25. The van der Waals surface area contributed by atoms with Crippen molar-refractivity contribution in [1.82, 2.24) is 4.90 Å². The molecule has 1 aromatic heterocycles. The molecule has 0 bridgehead atoms. The standard InChI is InChI=1S/C17H21NO3S/c1-13(19)8-9-18(2)17(20)14-5-3-6-15(11-14)21-12-16-7-4-10-22-16/h3-7,10-11,13,19H,8-9,12H2,1-2H3. The van der Waals surface area contributed by atoms with Crippen molar-refractivity contribution >= 4 is 17.2 Å². The fourth-order valence-corrected chi connectivity index (χ4v) is 2.59. The van der Waals surface area contributed by atoms with Gasteiger partial charge in [-0.05, 0) is 43.0 Å². The van der Waals surface area contributed by atoms with Crippen LogP contribution < -0.4 is 4.74 Å². The first-order valence-corrected chi connectivity index (χ1v) is 8.13. The third-order valence-electron chi connectivity index (χ3n) is 3.27. The van der Waals surface area contributed by atoms with Gasteiger partial charge in [-0.3, -0.25) is 4.79 Å². The van der Waals surface area contributed by atoms with Crippen LogP contribution in [0.4, 0.5) is 0 Å². The predicted octanol–water partition coefficient (Wildman–Crippen LogP) is 3.17. The molecule has 1 atom stereocenters. The zero-order valence-electron chi connectivity index (χ0n) is 12.9. The van der Waals surface area contributed by atoms with Gasteiger partial charge in [-0.15, -0.1) is 11.3 Å². The number of thiophene rings is 1. The van der Waals surface area contributed by atoms with Gasteiger partial charge in [-0.25, -0.2) is 0 Å². The van der Waals surface area contributed by atoms with E-state index in [4.69, 9.17) is 4.74 Å². The van der Waals surface area contributed by atoms with Crippen molar-refractivity contribution in [2.75, 3.05) is 13.6 Å². The average molecular weight is 319 g/mol. The van der Waals surface area contributed by atoms with Crippen LogP contribution in [0.15, 0.2) is 41.8 Å². The van der Waals surface area contributed by atoms with Crippen molar-refractivity contribution < 1.29 is 14.6 Å². The molecule has 0 fully saturated rings. The van der Waals surface area contributed by atoms with Crippen LogP contribution in [0.2, 0.25) is 0 Å². The van der Waals surface area contributed by atoms with Crippen molar-refractivity contribution in [2.24, 2.45) is 0 Å². The van der Waals surface area contributed by atoms with E-state index in [2.05, 4.69) is 0 Å². The Bertz CT molecular complexity index is 596. The Balaban J connectivity index is 1.96. The average Bonchev–Trinajstić information content (AvgIpc) is 3.03. The van der Waals surface area contributed by atoms with Gasteiger partial charge >= 0.3 is 0 Å². The van der Waals surface area contributed by atoms with E-state index in [1.165, 1.54) is 0 Å². The van der Waals surface area contributed by atoms with E-state index in [1.807, 2.05) is 29.6 Å². The Morgan fingerprint density at radius 2 is 2.18 bits per heavy atom. The lowest BCUT2D eigenvalue weighted by molar-refractivity contribution is 0.0768. The number of ether oxygens (including phenoxy) is 1. The first-order chi connectivity index (χ1) is 10.6. The van der Waals surface area contributed by atoms with Gasteiger partial charge in [0, 0.05) is 24.0 Å². The molecule has 2 rings (SSSR count). The molecular weight excluding hydrogens is 298 g/mol. The van der Waals surface area contributed by atoms with E-state index >= 15 is 0 Å². The summed E-state index contributed by atoms with van der Waals surface area (Å²) in [5.41, 5.74) is 0.594. The summed E-state index contributed by atoms with van der Waals surface area (Å²) in [4.78, 5) is 15.1. The second-order valence-corrected chi connectivity index (χ2v) is 6.29. The first kappa shape index (κ1) is 16.5. The highest BCUT2D eigenvalue weighted by molar-refractivity contribution is 7.09. The lowest BCUT2D eigenvalue weighted by atomic mass is 10.2. The maximum atomic E-state index is 12.3. The summed E-state index contributed by atoms with van der Waals surface area (Å²) in [5.74, 6) is 0.616. The zero-order chi connectivity index (χ0) is 15.9. The molecule has 1 amide bonds. The van der Waals surface area contributed by atoms with Crippen molar-refractivity contribution in [3.05, 3.63) is 52.2 Å². The molecule has 0 spiro atoms. The van der Waals surface area contributed by atoms with E-state index in [0.29, 0.717) is 30.9 Å². The Morgan fingerprint density at radius 3 is 2.86 bits per heavy atom. The van der Waals surface area contributed by atoms with E-state index in [0.717, 1.165) is 4.88 Å². The lowest BCUT2D eigenvalue weighted by Crippen LogP contribution is -2.29. The molecule has 118 valence electrons. The number of amides is 1. The number of rotatable bonds is 7. The molecule has 0 radical (unpaired) electrons. The Hall–Kier alpha value is -1.85. The molecule has 4 nitrogen and oxygen atoms in total. The van der Waals surface area contributed by atoms with Gasteiger partial charge in [-0.1, -0.05) is 12.1 Å². The van der Waals surface area contributed by atoms with Crippen LogP contribution in [0.5, 0.6) is 5.75 Å². The smallest absolute Gasteiger partial charge is 0.253 e. The highest BCUT2D eigenvalue weighted by Crippen LogP contribution is 2.18. The Kier molecular flexibility index (Phi) is 5.98. The molecule has 1 aromatic carbocycles. The minimum atomic E-state index is -0.407. The van der Waals surface area contributed by atoms with Gasteiger partial charge < -0.3 is 14.7 Å². The summed E-state index contributed by atoms with van der Waals surface area (Å²) in [6.07, 6.45) is 0.160. The number of carbonyl (C=O) groups excluding carboxylic acids is 1. The molecule has 5 heteroatoms. The van der Waals surface area contributed by atoms with Crippen LogP contribution in [-0.4, -0.2) is 35.6 Å². The third-order valence-corrected chi connectivity index (χ3v) is 4.12. The molecular formula is C17H21NO3S. The molecule has 22 heavy (non-hydrogen) atoms. The fraction of sp³-hybridized carbons (Fsp3) is 0.353. The fourth-order valence-electron chi connectivity index (χ4n) is 1.97. The molecule has 0 saturated heterocycles. The highest BCUT2D eigenvalue weighted by Gasteiger charge is 2.13. The lowest BCUT2D eigenvalue weighted by Gasteiger charge is -2.18. The minimum absolute atomic E-state index is 0.0674. The maximum absolute atomic E-state index is 12.3. The molecule has 1 heterocycles. The summed E-state index contributed by atoms with van der Waals surface area (Å²) >= 11 is 1.64. The van der Waals surface area contributed by atoms with E-state index < -0.39 is 6.10 Å². The maximum Gasteiger partial charge on any atom is 0.253 e. The normalized spacial score (nSPS) is 12.0. The topological polar surface area (TPSA) is 49.8 Å². The Morgan fingerprint density at radius 1 is 1.36 bits per heavy atom. The minimum Gasteiger partial charge on any atom is -0.488 e. The van der Waals surface area contributed by atoms with Crippen molar-refractivity contribution in [3.8, 4) is 5.75 Å². The van der Waals surface area contributed by atoms with E-state index in [1.54, 1.807) is 42.3 Å². The monoisotopic (exact) mass is 319 g/mol. The number of nitrogens with zero attached hydrogens (tertiary/aromatic N) is 1. The summed E-state index contributed by atoms with van der Waals surface area (Å²) in [6, 6.07) is 11.2. The van der Waals surface area contributed by atoms with Crippen molar-refractivity contribution in [2.45, 2.75) is 26.1 Å². The third kappa shape index (κ3) is 4.86. The molecule has 0 aliphatic carbocycles. The van der Waals surface area contributed by atoms with Gasteiger partial charge in [0.25, 0.3) is 5.91 Å². The number of aliphatic hydroxyl groups is 1. The number of aliphatic hydroxyl groups excluding tert-OH is 1. The van der Waals surface area contributed by atoms with Crippen LogP contribution in [0.3, 0.4) is 0 Å². The molecule has 0 saturated carbocycles. The van der Waals surface area contributed by atoms with Gasteiger partial charge in [0.15, 0.2) is 0 Å². The molecule has 1 N–H and O–H groups in total. The van der Waals surface area contributed by atoms with Gasteiger partial charge in [-0.2, -0.15) is 0 Å². The van der Waals surface area contributed by atoms with Crippen LogP contribution in [0, 0.1) is 0 Å². The summed E-state index contributed by atoms with van der Waals surface area (Å²) < 4.78 is 5.72. The van der Waals surface area contributed by atoms with Crippen LogP contribution >= 0.6 is 11.3 Å². The van der Waals surface area contributed by atoms with Crippen molar-refractivity contribution in [3.63, 3.8) is 0 Å². The second kappa shape index (κ2) is 7.96. The van der Waals surface area contributed by atoms with E-state index in [9.17, 15) is 9.90 Å². The van der Waals surface area contributed by atoms with Gasteiger partial charge in [0.1, 0.15) is 12.4 Å². The number of benzene rings is 1. The Labute approximate surface area is 135 Å². The highest BCUT2D eigenvalue weighted by atomic mass is 32.1. The molecule has 1 unspecified atom stereocenters. The number of carbonyl (C=O) groups is 1.